The predicted octanol–water partition coefficient (Wildman–Crippen LogP) is 10.9. The van der Waals surface area contributed by atoms with E-state index in [1.807, 2.05) is 109 Å². The molecule has 0 amide bonds. The Bertz CT molecular complexity index is 3010. The molecule has 9 rings (SSSR count). The summed E-state index contributed by atoms with van der Waals surface area (Å²) in [6.45, 7) is 4.03. The number of ether oxygens (including phenoxy) is 1. The quantitative estimate of drug-likeness (QED) is 0.130. The fraction of sp³-hybridized carbons (Fsp3) is 0.106. The van der Waals surface area contributed by atoms with Crippen molar-refractivity contribution in [2.24, 2.45) is 6.98 Å². The zero-order chi connectivity index (χ0) is 37.9. The van der Waals surface area contributed by atoms with E-state index < -0.39 is 6.98 Å². The van der Waals surface area contributed by atoms with Gasteiger partial charge in [-0.25, -0.2) is 4.98 Å². The van der Waals surface area contributed by atoms with Crippen LogP contribution in [0.5, 0.6) is 11.5 Å². The van der Waals surface area contributed by atoms with Crippen molar-refractivity contribution in [1.29, 1.82) is 0 Å². The van der Waals surface area contributed by atoms with Crippen molar-refractivity contribution in [2.75, 3.05) is 0 Å². The summed E-state index contributed by atoms with van der Waals surface area (Å²) in [6.07, 6.45) is 5.13. The van der Waals surface area contributed by atoms with Crippen LogP contribution in [0.4, 0.5) is 0 Å². The maximum atomic E-state index is 8.66. The number of para-hydroxylation sites is 3. The van der Waals surface area contributed by atoms with E-state index in [2.05, 4.69) is 80.2 Å². The summed E-state index contributed by atoms with van der Waals surface area (Å²) in [5.41, 5.74) is 4.81. The maximum Gasteiger partial charge on any atom is 0.243 e. The Morgan fingerprint density at radius 3 is 2.04 bits per heavy atom. The molecule has 0 fully saturated rings. The van der Waals surface area contributed by atoms with Crippen LogP contribution >= 0.6 is 0 Å². The molecule has 0 saturated heterocycles. The first-order valence-electron chi connectivity index (χ1n) is 18.8. The van der Waals surface area contributed by atoms with E-state index in [4.69, 9.17) is 13.8 Å². The summed E-state index contributed by atoms with van der Waals surface area (Å²) in [6, 6.07) is 52.6. The SMILES string of the molecule is [2H]C([2H])([2H])[n+]1[c-]n(-c2[c-]c(Oc3[c-]c4c(cc3)c3ccccc3n4-c3cc(C(C)(C)C)ccn3)ccc2)c2ccccc2c2ccccc2c2ccccc21.[Pt]. The van der Waals surface area contributed by atoms with Crippen molar-refractivity contribution >= 4 is 54.4 Å². The number of fused-ring (bicyclic) bond motifs is 8. The van der Waals surface area contributed by atoms with Gasteiger partial charge in [0.05, 0.1) is 22.1 Å². The Labute approximate surface area is 327 Å². The Morgan fingerprint density at radius 1 is 0.642 bits per heavy atom. The molecule has 0 aliphatic heterocycles. The molecule has 0 spiro atoms. The first-order chi connectivity index (χ1) is 26.5. The molecule has 0 saturated carbocycles. The third kappa shape index (κ3) is 6.15. The van der Waals surface area contributed by atoms with Gasteiger partial charge >= 0.3 is 0 Å². The van der Waals surface area contributed by atoms with Crippen LogP contribution < -0.4 is 9.30 Å². The van der Waals surface area contributed by atoms with Gasteiger partial charge in [0.1, 0.15) is 5.82 Å². The van der Waals surface area contributed by atoms with Gasteiger partial charge in [0.2, 0.25) is 6.33 Å². The average molecular weight is 871 g/mol. The monoisotopic (exact) mass is 870 g/mol. The molecule has 3 aromatic heterocycles. The van der Waals surface area contributed by atoms with E-state index in [0.717, 1.165) is 54.7 Å². The van der Waals surface area contributed by atoms with Gasteiger partial charge in [-0.05, 0) is 56.1 Å². The number of nitrogens with zero attached hydrogens (tertiary/aromatic N) is 4. The topological polar surface area (TPSA) is 35.9 Å². The number of aromatic nitrogens is 4. The van der Waals surface area contributed by atoms with Crippen LogP contribution in [0.15, 0.2) is 146 Å². The second-order valence-electron chi connectivity index (χ2n) is 13.9. The molecule has 5 nitrogen and oxygen atoms in total. The molecule has 6 aromatic carbocycles. The molecular weight excluding hydrogens is 832 g/mol. The van der Waals surface area contributed by atoms with E-state index in [0.29, 0.717) is 22.7 Å². The van der Waals surface area contributed by atoms with E-state index in [1.165, 1.54) is 10.1 Å². The van der Waals surface area contributed by atoms with Crippen LogP contribution in [0.2, 0.25) is 0 Å². The van der Waals surface area contributed by atoms with Crippen molar-refractivity contribution < 1.29 is 34.5 Å². The molecule has 0 bridgehead atoms. The van der Waals surface area contributed by atoms with Crippen LogP contribution in [-0.4, -0.2) is 14.1 Å². The number of aryl methyl sites for hydroxylation is 1. The van der Waals surface area contributed by atoms with Crippen molar-refractivity contribution in [3.05, 3.63) is 170 Å². The van der Waals surface area contributed by atoms with Gasteiger partial charge in [0.25, 0.3) is 0 Å². The molecule has 0 unspecified atom stereocenters. The van der Waals surface area contributed by atoms with Gasteiger partial charge in [-0.1, -0.05) is 123 Å². The van der Waals surface area contributed by atoms with Crippen molar-refractivity contribution in [1.82, 2.24) is 14.1 Å². The normalized spacial score (nSPS) is 12.7. The zero-order valence-electron chi connectivity index (χ0n) is 32.4. The first-order valence-corrected chi connectivity index (χ1v) is 17.3. The molecule has 0 aliphatic rings. The standard InChI is InChI=1S/C47H36N4O.Pt/c1-47(2,3)32-26-27-48-46(28-32)51-44-23-12-9-20-40(44)41-25-24-35(30-45(41)51)52-34-15-13-14-33(29-34)50-31-49(4)42-21-10-7-18-38(42)36-16-5-6-17-37(36)39-19-8-11-22-43(39)50;/h5-28H,1-4H3;/q-2;/i4D3;. The molecule has 262 valence electrons. The molecule has 0 atom stereocenters. The van der Waals surface area contributed by atoms with Gasteiger partial charge in [-0.2, -0.15) is 18.2 Å². The fourth-order valence-electron chi connectivity index (χ4n) is 7.06. The van der Waals surface area contributed by atoms with Gasteiger partial charge in [-0.15, -0.1) is 29.7 Å². The van der Waals surface area contributed by atoms with E-state index in [-0.39, 0.29) is 26.5 Å². The molecule has 6 heteroatoms. The van der Waals surface area contributed by atoms with Crippen LogP contribution in [0, 0.1) is 18.5 Å². The summed E-state index contributed by atoms with van der Waals surface area (Å²) in [7, 11) is 0. The smallest absolute Gasteiger partial charge is 0.243 e. The number of rotatable bonds is 4. The third-order valence-corrected chi connectivity index (χ3v) is 9.61. The molecule has 0 radical (unpaired) electrons. The van der Waals surface area contributed by atoms with Gasteiger partial charge in [-0.3, -0.25) is 0 Å². The maximum absolute atomic E-state index is 8.66. The Kier molecular flexibility index (Phi) is 7.94. The minimum Gasteiger partial charge on any atom is -0.510 e. The molecule has 9 aromatic rings. The average Bonchev–Trinajstić information content (AvgIpc) is 3.53. The Balaban J connectivity index is 0.00000441. The third-order valence-electron chi connectivity index (χ3n) is 9.61. The van der Waals surface area contributed by atoms with Crippen molar-refractivity contribution in [3.63, 3.8) is 0 Å². The van der Waals surface area contributed by atoms with Crippen LogP contribution in [0.3, 0.4) is 0 Å². The molecule has 0 aliphatic carbocycles. The predicted molar refractivity (Wildman–Crippen MR) is 211 cm³/mol. The number of pyridine rings is 1. The van der Waals surface area contributed by atoms with Gasteiger partial charge in [0, 0.05) is 44.3 Å². The zero-order valence-corrected chi connectivity index (χ0v) is 31.6. The minimum atomic E-state index is -2.55. The van der Waals surface area contributed by atoms with Crippen LogP contribution in [0.25, 0.3) is 65.9 Å². The molecular formula is C47H36N4OPt-2. The van der Waals surface area contributed by atoms with Crippen LogP contribution in [0.1, 0.15) is 30.4 Å². The summed E-state index contributed by atoms with van der Waals surface area (Å²) in [5, 5.41) is 5.74. The minimum absolute atomic E-state index is 0. The Hall–Kier alpha value is -5.77. The van der Waals surface area contributed by atoms with Crippen molar-refractivity contribution in [2.45, 2.75) is 26.2 Å². The summed E-state index contributed by atoms with van der Waals surface area (Å²) >= 11 is 0. The number of hydrogen-bond acceptors (Lipinski definition) is 2. The van der Waals surface area contributed by atoms with Gasteiger partial charge in [0.15, 0.2) is 0 Å². The van der Waals surface area contributed by atoms with Gasteiger partial charge < -0.3 is 18.4 Å². The number of benzene rings is 6. The molecule has 3 heterocycles. The molecule has 53 heavy (non-hydrogen) atoms. The second kappa shape index (κ2) is 13.7. The van der Waals surface area contributed by atoms with E-state index in [1.54, 1.807) is 4.57 Å². The first kappa shape index (κ1) is 30.8. The molecule has 0 N–H and O–H groups in total. The number of hydrogen-bond donors (Lipinski definition) is 0. The largest absolute Gasteiger partial charge is 0.510 e. The Morgan fingerprint density at radius 2 is 1.28 bits per heavy atom. The van der Waals surface area contributed by atoms with Crippen molar-refractivity contribution in [3.8, 4) is 23.0 Å². The second-order valence-corrected chi connectivity index (χ2v) is 13.9. The van der Waals surface area contributed by atoms with E-state index in [9.17, 15) is 0 Å². The summed E-state index contributed by atoms with van der Waals surface area (Å²) in [4.78, 5) is 4.80. The van der Waals surface area contributed by atoms with E-state index >= 15 is 0 Å². The summed E-state index contributed by atoms with van der Waals surface area (Å²) in [5.74, 6) is 1.74. The fourth-order valence-corrected chi connectivity index (χ4v) is 7.06. The van der Waals surface area contributed by atoms with Crippen LogP contribution in [-0.2, 0) is 33.5 Å². The summed E-state index contributed by atoms with van der Waals surface area (Å²) < 4.78 is 37.6.